The second-order valence-corrected chi connectivity index (χ2v) is 8.65. The van der Waals surface area contributed by atoms with Crippen molar-refractivity contribution in [2.45, 2.75) is 19.4 Å². The average Bonchev–Trinajstić information content (AvgIpc) is 3.06. The van der Waals surface area contributed by atoms with E-state index in [2.05, 4.69) is 0 Å². The quantitative estimate of drug-likeness (QED) is 0.357. The largest absolute Gasteiger partial charge is 0.507 e. The summed E-state index contributed by atoms with van der Waals surface area (Å²) >= 11 is 0. The fourth-order valence-corrected chi connectivity index (χ4v) is 3.80. The molecule has 1 aliphatic rings. The number of carbonyl (C=O) groups is 2. The predicted octanol–water partition coefficient (Wildman–Crippen LogP) is 3.52. The minimum absolute atomic E-state index is 0.110. The van der Waals surface area contributed by atoms with Crippen LogP contribution in [0.2, 0.25) is 0 Å². The molecule has 1 N–H and O–H groups in total. The molecule has 0 aliphatic carbocycles. The number of aliphatic hydroxyl groups excluding tert-OH is 1. The number of likely N-dealkylation sites (N-methyl/N-ethyl adjacent to an activating group) is 1. The Morgan fingerprint density at radius 1 is 1.00 bits per heavy atom. The molecule has 7 heteroatoms. The molecule has 1 unspecified atom stereocenters. The highest BCUT2D eigenvalue weighted by atomic mass is 16.5. The van der Waals surface area contributed by atoms with E-state index in [1.807, 2.05) is 69.2 Å². The van der Waals surface area contributed by atoms with Crippen molar-refractivity contribution in [1.82, 2.24) is 9.80 Å². The molecule has 2 aromatic rings. The smallest absolute Gasteiger partial charge is 0.295 e. The van der Waals surface area contributed by atoms with Crippen molar-refractivity contribution in [3.8, 4) is 5.75 Å². The van der Waals surface area contributed by atoms with Gasteiger partial charge in [0.15, 0.2) is 0 Å². The summed E-state index contributed by atoms with van der Waals surface area (Å²) in [5, 5.41) is 11.2. The second kappa shape index (κ2) is 10.5. The van der Waals surface area contributed by atoms with E-state index in [1.165, 1.54) is 0 Å². The van der Waals surface area contributed by atoms with Gasteiger partial charge in [-0.05, 0) is 62.5 Å². The van der Waals surface area contributed by atoms with Gasteiger partial charge >= 0.3 is 0 Å². The Bertz CT molecular complexity index is 1010. The van der Waals surface area contributed by atoms with Gasteiger partial charge in [0.25, 0.3) is 11.7 Å². The highest BCUT2D eigenvalue weighted by Crippen LogP contribution is 2.39. The molecule has 2 aromatic carbocycles. The number of ether oxygens (including phenoxy) is 1. The molecule has 1 atom stereocenters. The predicted molar refractivity (Wildman–Crippen MR) is 131 cm³/mol. The Morgan fingerprint density at radius 3 is 2.18 bits per heavy atom. The van der Waals surface area contributed by atoms with Crippen molar-refractivity contribution >= 4 is 23.1 Å². The molecule has 1 fully saturated rings. The van der Waals surface area contributed by atoms with Crippen LogP contribution >= 0.6 is 0 Å². The van der Waals surface area contributed by atoms with Gasteiger partial charge in [-0.1, -0.05) is 19.1 Å². The standard InChI is InChI=1S/C26H33N3O4/c1-6-17-33-21-13-9-19(10-14-21)24(30)22-23(18-7-11-20(12-8-18)28(4)5)29(16-15-27(2)3)26(32)25(22)31/h7-14,23,30H,6,15-17H2,1-5H3/b24-22-. The molecule has 1 aliphatic heterocycles. The molecule has 176 valence electrons. The Balaban J connectivity index is 2.05. The first-order chi connectivity index (χ1) is 15.7. The molecule has 1 amide bonds. The number of Topliss-reactive ketones (excluding diaryl/α,β-unsaturated/α-hetero) is 1. The van der Waals surface area contributed by atoms with Gasteiger partial charge in [0.1, 0.15) is 11.5 Å². The number of rotatable bonds is 9. The molecule has 0 saturated carbocycles. The zero-order valence-electron chi connectivity index (χ0n) is 20.0. The van der Waals surface area contributed by atoms with E-state index in [4.69, 9.17) is 4.74 Å². The average molecular weight is 452 g/mol. The maximum atomic E-state index is 13.1. The Labute approximate surface area is 195 Å². The summed E-state index contributed by atoms with van der Waals surface area (Å²) in [6, 6.07) is 14.0. The fraction of sp³-hybridized carbons (Fsp3) is 0.385. The summed E-state index contributed by atoms with van der Waals surface area (Å²) < 4.78 is 5.61. The number of anilines is 1. The van der Waals surface area contributed by atoms with E-state index >= 15 is 0 Å². The van der Waals surface area contributed by atoms with Gasteiger partial charge in [0, 0.05) is 38.4 Å². The van der Waals surface area contributed by atoms with E-state index in [0.29, 0.717) is 31.0 Å². The Morgan fingerprint density at radius 2 is 1.64 bits per heavy atom. The minimum Gasteiger partial charge on any atom is -0.507 e. The van der Waals surface area contributed by atoms with Gasteiger partial charge in [0.05, 0.1) is 18.2 Å². The van der Waals surface area contributed by atoms with Gasteiger partial charge in [0.2, 0.25) is 0 Å². The van der Waals surface area contributed by atoms with E-state index in [0.717, 1.165) is 17.7 Å². The third-order valence-electron chi connectivity index (χ3n) is 5.65. The van der Waals surface area contributed by atoms with Crippen molar-refractivity contribution < 1.29 is 19.4 Å². The van der Waals surface area contributed by atoms with Crippen LogP contribution in [-0.4, -0.2) is 74.5 Å². The topological polar surface area (TPSA) is 73.3 Å². The summed E-state index contributed by atoms with van der Waals surface area (Å²) in [5.74, 6) is -0.748. The lowest BCUT2D eigenvalue weighted by atomic mass is 9.95. The number of aliphatic hydroxyl groups is 1. The zero-order chi connectivity index (χ0) is 24.1. The number of ketones is 1. The molecule has 3 rings (SSSR count). The Kier molecular flexibility index (Phi) is 7.76. The van der Waals surface area contributed by atoms with Gasteiger partial charge in [-0.25, -0.2) is 0 Å². The third kappa shape index (κ3) is 5.37. The fourth-order valence-electron chi connectivity index (χ4n) is 3.80. The summed E-state index contributed by atoms with van der Waals surface area (Å²) in [7, 11) is 7.73. The Hall–Kier alpha value is -3.32. The lowest BCUT2D eigenvalue weighted by Crippen LogP contribution is -2.35. The number of likely N-dealkylation sites (tertiary alicyclic amines) is 1. The summed E-state index contributed by atoms with van der Waals surface area (Å²) in [6.07, 6.45) is 0.894. The first-order valence-corrected chi connectivity index (χ1v) is 11.2. The van der Waals surface area contributed by atoms with Crippen molar-refractivity contribution in [2.75, 3.05) is 52.8 Å². The SMILES string of the molecule is CCCOc1ccc(/C(O)=C2/C(=O)C(=O)N(CCN(C)C)C2c2ccc(N(C)C)cc2)cc1. The molecule has 7 nitrogen and oxygen atoms in total. The van der Waals surface area contributed by atoms with Crippen LogP contribution in [0.25, 0.3) is 5.76 Å². The van der Waals surface area contributed by atoms with Crippen LogP contribution in [0, 0.1) is 0 Å². The van der Waals surface area contributed by atoms with E-state index in [9.17, 15) is 14.7 Å². The maximum absolute atomic E-state index is 13.1. The summed E-state index contributed by atoms with van der Waals surface area (Å²) in [5.41, 5.74) is 2.37. The third-order valence-corrected chi connectivity index (χ3v) is 5.65. The van der Waals surface area contributed by atoms with E-state index < -0.39 is 17.7 Å². The molecule has 0 spiro atoms. The number of hydrogen-bond donors (Lipinski definition) is 1. The van der Waals surface area contributed by atoms with Crippen LogP contribution in [0.4, 0.5) is 5.69 Å². The van der Waals surface area contributed by atoms with Crippen molar-refractivity contribution in [1.29, 1.82) is 0 Å². The molecule has 33 heavy (non-hydrogen) atoms. The van der Waals surface area contributed by atoms with Crippen LogP contribution in [-0.2, 0) is 9.59 Å². The van der Waals surface area contributed by atoms with Crippen molar-refractivity contribution in [3.05, 3.63) is 65.2 Å². The lowest BCUT2D eigenvalue weighted by molar-refractivity contribution is -0.140. The van der Waals surface area contributed by atoms with Gasteiger partial charge in [-0.3, -0.25) is 9.59 Å². The van der Waals surface area contributed by atoms with Crippen molar-refractivity contribution in [2.24, 2.45) is 0 Å². The van der Waals surface area contributed by atoms with Crippen LogP contribution in [0.5, 0.6) is 5.75 Å². The van der Waals surface area contributed by atoms with Crippen LogP contribution < -0.4 is 9.64 Å². The minimum atomic E-state index is -0.667. The number of carbonyl (C=O) groups excluding carboxylic acids is 2. The molecule has 1 saturated heterocycles. The second-order valence-electron chi connectivity index (χ2n) is 8.65. The maximum Gasteiger partial charge on any atom is 0.295 e. The number of nitrogens with zero attached hydrogens (tertiary/aromatic N) is 3. The summed E-state index contributed by atoms with van der Waals surface area (Å²) in [4.78, 5) is 31.6. The molecule has 0 radical (unpaired) electrons. The number of benzene rings is 2. The molecular weight excluding hydrogens is 418 g/mol. The summed E-state index contributed by atoms with van der Waals surface area (Å²) in [6.45, 7) is 3.60. The number of hydrogen-bond acceptors (Lipinski definition) is 6. The van der Waals surface area contributed by atoms with Gasteiger partial charge in [-0.15, -0.1) is 0 Å². The normalized spacial score (nSPS) is 17.6. The molecular formula is C26H33N3O4. The number of amides is 1. The van der Waals surface area contributed by atoms with E-state index in [1.54, 1.807) is 29.2 Å². The lowest BCUT2D eigenvalue weighted by Gasteiger charge is -2.27. The zero-order valence-corrected chi connectivity index (χ0v) is 20.0. The first-order valence-electron chi connectivity index (χ1n) is 11.2. The molecule has 0 aromatic heterocycles. The van der Waals surface area contributed by atoms with Gasteiger partial charge < -0.3 is 24.5 Å². The highest BCUT2D eigenvalue weighted by Gasteiger charge is 2.45. The molecule has 1 heterocycles. The van der Waals surface area contributed by atoms with Crippen LogP contribution in [0.3, 0.4) is 0 Å². The van der Waals surface area contributed by atoms with Crippen LogP contribution in [0.15, 0.2) is 54.1 Å². The highest BCUT2D eigenvalue weighted by molar-refractivity contribution is 6.46. The monoisotopic (exact) mass is 451 g/mol. The van der Waals surface area contributed by atoms with Crippen LogP contribution in [0.1, 0.15) is 30.5 Å². The first kappa shape index (κ1) is 24.3. The van der Waals surface area contributed by atoms with Gasteiger partial charge in [-0.2, -0.15) is 0 Å². The van der Waals surface area contributed by atoms with Crippen molar-refractivity contribution in [3.63, 3.8) is 0 Å². The van der Waals surface area contributed by atoms with E-state index in [-0.39, 0.29) is 11.3 Å². The molecule has 0 bridgehead atoms.